The fraction of sp³-hybridized carbons (Fsp3) is 0.259. The van der Waals surface area contributed by atoms with Crippen LogP contribution in [0, 0.1) is 5.82 Å². The van der Waals surface area contributed by atoms with Crippen LogP contribution in [0.1, 0.15) is 30.0 Å². The lowest BCUT2D eigenvalue weighted by molar-refractivity contribution is -0.140. The third kappa shape index (κ3) is 7.43. The molecule has 0 aliphatic heterocycles. The van der Waals surface area contributed by atoms with Crippen molar-refractivity contribution < 1.29 is 14.0 Å². The fourth-order valence-electron chi connectivity index (χ4n) is 3.58. The van der Waals surface area contributed by atoms with Crippen LogP contribution in [-0.2, 0) is 29.0 Å². The molecule has 0 heterocycles. The van der Waals surface area contributed by atoms with Gasteiger partial charge in [0.2, 0.25) is 11.8 Å². The Morgan fingerprint density at radius 2 is 1.55 bits per heavy atom. The Morgan fingerprint density at radius 1 is 0.909 bits per heavy atom. The maximum absolute atomic E-state index is 13.5. The molecule has 0 aromatic heterocycles. The summed E-state index contributed by atoms with van der Waals surface area (Å²) in [7, 11) is 0. The van der Waals surface area contributed by atoms with Gasteiger partial charge in [-0.05, 0) is 47.4 Å². The lowest BCUT2D eigenvalue weighted by Gasteiger charge is -2.31. The molecule has 0 saturated heterocycles. The van der Waals surface area contributed by atoms with Crippen LogP contribution >= 0.6 is 11.6 Å². The first-order chi connectivity index (χ1) is 16.0. The van der Waals surface area contributed by atoms with Gasteiger partial charge in [-0.2, -0.15) is 0 Å². The summed E-state index contributed by atoms with van der Waals surface area (Å²) in [5, 5.41) is 3.54. The number of amides is 2. The second-order valence-electron chi connectivity index (χ2n) is 7.95. The average Bonchev–Trinajstić information content (AvgIpc) is 2.83. The van der Waals surface area contributed by atoms with E-state index in [9.17, 15) is 14.0 Å². The Balaban J connectivity index is 1.93. The summed E-state index contributed by atoms with van der Waals surface area (Å²) in [6.45, 7) is 2.71. The lowest BCUT2D eigenvalue weighted by atomic mass is 10.0. The molecule has 172 valence electrons. The quantitative estimate of drug-likeness (QED) is 0.447. The summed E-state index contributed by atoms with van der Waals surface area (Å²) in [4.78, 5) is 28.3. The van der Waals surface area contributed by atoms with Crippen molar-refractivity contribution in [3.8, 4) is 0 Å². The van der Waals surface area contributed by atoms with Gasteiger partial charge in [0.1, 0.15) is 11.9 Å². The molecular formula is C27H28ClFN2O2. The van der Waals surface area contributed by atoms with E-state index in [0.717, 1.165) is 23.1 Å². The molecule has 0 aliphatic rings. The van der Waals surface area contributed by atoms with Gasteiger partial charge in [-0.1, -0.05) is 73.1 Å². The first-order valence-electron chi connectivity index (χ1n) is 11.1. The van der Waals surface area contributed by atoms with Gasteiger partial charge in [0.05, 0.1) is 6.42 Å². The minimum Gasteiger partial charge on any atom is -0.354 e. The molecule has 0 aliphatic carbocycles. The molecule has 0 bridgehead atoms. The van der Waals surface area contributed by atoms with Crippen LogP contribution in [0.2, 0.25) is 5.02 Å². The zero-order valence-corrected chi connectivity index (χ0v) is 19.4. The monoisotopic (exact) mass is 466 g/mol. The Hall–Kier alpha value is -3.18. The van der Waals surface area contributed by atoms with Crippen molar-refractivity contribution in [1.29, 1.82) is 0 Å². The summed E-state index contributed by atoms with van der Waals surface area (Å²) in [6, 6.07) is 22.0. The van der Waals surface area contributed by atoms with Crippen molar-refractivity contribution in [3.05, 3.63) is 106 Å². The van der Waals surface area contributed by atoms with Gasteiger partial charge in [-0.3, -0.25) is 9.59 Å². The van der Waals surface area contributed by atoms with Crippen molar-refractivity contribution in [3.63, 3.8) is 0 Å². The molecule has 0 fully saturated rings. The molecule has 2 amide bonds. The average molecular weight is 467 g/mol. The Bertz CT molecular complexity index is 1040. The van der Waals surface area contributed by atoms with Crippen LogP contribution in [-0.4, -0.2) is 29.3 Å². The first kappa shape index (κ1) is 24.5. The zero-order valence-electron chi connectivity index (χ0n) is 18.6. The van der Waals surface area contributed by atoms with E-state index in [-0.39, 0.29) is 30.6 Å². The molecule has 4 nitrogen and oxygen atoms in total. The van der Waals surface area contributed by atoms with Crippen LogP contribution in [0.5, 0.6) is 0 Å². The number of benzene rings is 3. The molecule has 3 aromatic rings. The molecule has 3 rings (SSSR count). The number of carbonyl (C=O) groups is 2. The SMILES string of the molecule is CCCNC(=O)[C@H](Cc1ccccc1)N(Cc1ccc(F)cc1)C(=O)Cc1ccc(Cl)cc1. The number of rotatable bonds is 10. The number of hydrogen-bond acceptors (Lipinski definition) is 2. The van der Waals surface area contributed by atoms with E-state index < -0.39 is 6.04 Å². The second kappa shape index (κ2) is 12.2. The minimum absolute atomic E-state index is 0.130. The Kier molecular flexibility index (Phi) is 9.02. The van der Waals surface area contributed by atoms with E-state index >= 15 is 0 Å². The predicted molar refractivity (Wildman–Crippen MR) is 129 cm³/mol. The molecule has 0 saturated carbocycles. The number of nitrogens with one attached hydrogen (secondary N) is 1. The second-order valence-corrected chi connectivity index (χ2v) is 8.38. The van der Waals surface area contributed by atoms with Crippen LogP contribution < -0.4 is 5.32 Å². The molecule has 33 heavy (non-hydrogen) atoms. The maximum atomic E-state index is 13.5. The van der Waals surface area contributed by atoms with Gasteiger partial charge in [0, 0.05) is 24.5 Å². The molecule has 1 atom stereocenters. The van der Waals surface area contributed by atoms with E-state index in [0.29, 0.717) is 18.0 Å². The zero-order chi connectivity index (χ0) is 23.6. The van der Waals surface area contributed by atoms with Crippen molar-refractivity contribution in [2.75, 3.05) is 6.54 Å². The third-order valence-electron chi connectivity index (χ3n) is 5.36. The predicted octanol–water partition coefficient (Wildman–Crippen LogP) is 5.19. The van der Waals surface area contributed by atoms with Crippen LogP contribution in [0.4, 0.5) is 4.39 Å². The Morgan fingerprint density at radius 3 is 2.18 bits per heavy atom. The number of carbonyl (C=O) groups excluding carboxylic acids is 2. The van der Waals surface area contributed by atoms with Crippen molar-refractivity contribution >= 4 is 23.4 Å². The maximum Gasteiger partial charge on any atom is 0.243 e. The van der Waals surface area contributed by atoms with Gasteiger partial charge < -0.3 is 10.2 Å². The van der Waals surface area contributed by atoms with Gasteiger partial charge >= 0.3 is 0 Å². The van der Waals surface area contributed by atoms with Gasteiger partial charge in [-0.25, -0.2) is 4.39 Å². The summed E-state index contributed by atoms with van der Waals surface area (Å²) in [5.41, 5.74) is 2.51. The highest BCUT2D eigenvalue weighted by Gasteiger charge is 2.30. The van der Waals surface area contributed by atoms with Crippen LogP contribution in [0.15, 0.2) is 78.9 Å². The van der Waals surface area contributed by atoms with E-state index in [4.69, 9.17) is 11.6 Å². The molecule has 0 spiro atoms. The summed E-state index contributed by atoms with van der Waals surface area (Å²) in [5.74, 6) is -0.735. The molecule has 0 unspecified atom stereocenters. The van der Waals surface area contributed by atoms with Crippen molar-refractivity contribution in [1.82, 2.24) is 10.2 Å². The largest absolute Gasteiger partial charge is 0.354 e. The normalized spacial score (nSPS) is 11.6. The van der Waals surface area contributed by atoms with E-state index in [2.05, 4.69) is 5.32 Å². The minimum atomic E-state index is -0.705. The molecule has 0 radical (unpaired) electrons. The summed E-state index contributed by atoms with van der Waals surface area (Å²) < 4.78 is 13.5. The lowest BCUT2D eigenvalue weighted by Crippen LogP contribution is -2.51. The topological polar surface area (TPSA) is 49.4 Å². The van der Waals surface area contributed by atoms with Gasteiger partial charge in [0.15, 0.2) is 0 Å². The Labute approximate surface area is 199 Å². The summed E-state index contributed by atoms with van der Waals surface area (Å²) >= 11 is 5.98. The first-order valence-corrected chi connectivity index (χ1v) is 11.4. The van der Waals surface area contributed by atoms with Crippen molar-refractivity contribution in [2.45, 2.75) is 38.8 Å². The highest BCUT2D eigenvalue weighted by Crippen LogP contribution is 2.18. The number of nitrogens with zero attached hydrogens (tertiary/aromatic N) is 1. The van der Waals surface area contributed by atoms with Gasteiger partial charge in [0.25, 0.3) is 0 Å². The summed E-state index contributed by atoms with van der Waals surface area (Å²) in [6.07, 6.45) is 1.30. The van der Waals surface area contributed by atoms with E-state index in [1.807, 2.05) is 37.3 Å². The van der Waals surface area contributed by atoms with Crippen LogP contribution in [0.25, 0.3) is 0 Å². The van der Waals surface area contributed by atoms with Crippen molar-refractivity contribution in [2.24, 2.45) is 0 Å². The third-order valence-corrected chi connectivity index (χ3v) is 5.61. The standard InChI is InChI=1S/C27H28ClFN2O2/c1-2-16-30-27(33)25(17-20-6-4-3-5-7-20)31(19-22-10-14-24(29)15-11-22)26(32)18-21-8-12-23(28)13-9-21/h3-15,25H,2,16-19H2,1H3,(H,30,33)/t25-/m0/s1. The number of hydrogen-bond donors (Lipinski definition) is 1. The van der Waals surface area contributed by atoms with E-state index in [1.165, 1.54) is 12.1 Å². The van der Waals surface area contributed by atoms with E-state index in [1.54, 1.807) is 41.3 Å². The highest BCUT2D eigenvalue weighted by atomic mass is 35.5. The smallest absolute Gasteiger partial charge is 0.243 e. The fourth-order valence-corrected chi connectivity index (χ4v) is 3.71. The molecule has 3 aromatic carbocycles. The number of halogens is 2. The molecule has 6 heteroatoms. The molecular weight excluding hydrogens is 439 g/mol. The highest BCUT2D eigenvalue weighted by molar-refractivity contribution is 6.30. The molecule has 1 N–H and O–H groups in total. The van der Waals surface area contributed by atoms with Gasteiger partial charge in [-0.15, -0.1) is 0 Å². The van der Waals surface area contributed by atoms with Crippen LogP contribution in [0.3, 0.4) is 0 Å².